The average Bonchev–Trinajstić information content (AvgIpc) is 0.820. The number of hydrogen-bond acceptors (Lipinski definition) is 4. The zero-order valence-electron chi connectivity index (χ0n) is 85.7. The maximum atomic E-state index is 14.2. The van der Waals surface area contributed by atoms with Crippen molar-refractivity contribution in [3.63, 3.8) is 0 Å². The van der Waals surface area contributed by atoms with Crippen LogP contribution in [-0.4, -0.2) is 0 Å². The van der Waals surface area contributed by atoms with Gasteiger partial charge in [-0.05, 0) is 198 Å². The summed E-state index contributed by atoms with van der Waals surface area (Å²) >= 11 is 0. The first-order valence-electron chi connectivity index (χ1n) is 47.1. The standard InChI is InChI=1S/C22H20.C21H18F2O.C21H20O.C15H14F2O.C15H16O.13C2H6/c1-17-3-7-19(8-4-17)9-10-20-11-15-22(16-12-20)21-13-5-18(2)6-14-21;1-15-3-7-17(8-4-15)18-9-13-20(14-10-18)24-21(22,23)19-11-5-16(2)6-12-19;1-16-3-7-18(8-4-16)15-22-21-13-11-20(12-14-21)19-9-5-17(2)6-10-19;1-11-3-7-13(8-4-11)15(16,17)18-14-9-5-12(2)6-10-14;1-12-3-7-14(8-4-12)11-16-15-9-5-13(2)6-10-15;13*1-2/h3-16H,1-2H3;3-14H,1-2H3;3-14H,15H2,1-2H3;3-10H,1-2H3;3-10H,11H2,1-2H3;13*1-2H3/b10-9+;;;;;;;;;;;;;;;;;. The number of rotatable bonds is 17. The van der Waals surface area contributed by atoms with E-state index in [4.69, 9.17) is 18.9 Å². The van der Waals surface area contributed by atoms with Crippen LogP contribution in [-0.2, 0) is 25.4 Å². The van der Waals surface area contributed by atoms with Crippen molar-refractivity contribution in [2.45, 2.75) is 275 Å². The monoisotopic (exact) mass is 1750 g/mol. The summed E-state index contributed by atoms with van der Waals surface area (Å²) in [6.45, 7) is 73.4. The third kappa shape index (κ3) is 52.6. The topological polar surface area (TPSA) is 36.9 Å². The van der Waals surface area contributed by atoms with Crippen molar-refractivity contribution in [2.75, 3.05) is 0 Å². The van der Waals surface area contributed by atoms with Crippen molar-refractivity contribution in [2.24, 2.45) is 0 Å². The molecule has 4 nitrogen and oxygen atoms in total. The average molecular weight is 1750 g/mol. The van der Waals surface area contributed by atoms with Crippen molar-refractivity contribution in [1.82, 2.24) is 0 Å². The Morgan fingerprint density at radius 1 is 0.180 bits per heavy atom. The van der Waals surface area contributed by atoms with E-state index < -0.39 is 12.2 Å². The fraction of sp³-hybridized carbons (Fsp3) is 0.333. The third-order valence-corrected chi connectivity index (χ3v) is 16.7. The summed E-state index contributed by atoms with van der Waals surface area (Å²) in [5, 5.41) is 0. The van der Waals surface area contributed by atoms with E-state index in [1.165, 1.54) is 120 Å². The van der Waals surface area contributed by atoms with Crippen molar-refractivity contribution >= 4 is 12.2 Å². The Morgan fingerprint density at radius 2 is 0.320 bits per heavy atom. The van der Waals surface area contributed by atoms with Gasteiger partial charge in [-0.25, -0.2) is 0 Å². The van der Waals surface area contributed by atoms with Gasteiger partial charge in [0.1, 0.15) is 36.2 Å². The second-order valence-electron chi connectivity index (χ2n) is 25.7. The lowest BCUT2D eigenvalue weighted by atomic mass is 10.0. The predicted octanol–water partition coefficient (Wildman–Crippen LogP) is 39.4. The van der Waals surface area contributed by atoms with Gasteiger partial charge in [0.25, 0.3) is 0 Å². The van der Waals surface area contributed by atoms with Crippen molar-refractivity contribution in [3.8, 4) is 56.4 Å². The summed E-state index contributed by atoms with van der Waals surface area (Å²) in [5.41, 5.74) is 23.2. The minimum absolute atomic E-state index is 0.136. The first kappa shape index (κ1) is 125. The lowest BCUT2D eigenvalue weighted by Gasteiger charge is -2.18. The summed E-state index contributed by atoms with van der Waals surface area (Å²) in [5.74, 6) is 2.12. The first-order chi connectivity index (χ1) is 62.1. The Labute approximate surface area is 779 Å². The van der Waals surface area contributed by atoms with Crippen LogP contribution in [0, 0.1) is 69.2 Å². The van der Waals surface area contributed by atoms with Gasteiger partial charge in [0.15, 0.2) is 0 Å². The van der Waals surface area contributed by atoms with Gasteiger partial charge in [-0.2, -0.15) is 17.6 Å². The molecule has 8 heteroatoms. The van der Waals surface area contributed by atoms with Crippen LogP contribution in [0.2, 0.25) is 0 Å². The molecule has 0 fully saturated rings. The molecule has 128 heavy (non-hydrogen) atoms. The molecule has 13 aromatic rings. The van der Waals surface area contributed by atoms with Crippen LogP contribution in [0.15, 0.2) is 315 Å². The molecule has 0 spiro atoms. The number of aryl methyl sites for hydroxylation is 10. The van der Waals surface area contributed by atoms with Crippen LogP contribution in [0.3, 0.4) is 0 Å². The molecule has 0 aliphatic heterocycles. The SMILES string of the molecule is CC.CC.CC.CC.CC.CC.CC.CC.CC.CC.CC.CC.CC.Cc1ccc(-c2ccc(OC(F)(F)c3ccc(C)cc3)cc2)cc1.Cc1ccc(/C=C/c2ccc(-c3ccc(C)cc3)cc2)cc1.Cc1ccc(COc2ccc(-c3ccc(C)cc3)cc2)cc1.Cc1ccc(COc2ccc(C)cc2)cc1.Cc1ccc(OC(F)(F)c2ccc(C)cc2)cc1. The highest BCUT2D eigenvalue weighted by Gasteiger charge is 2.35. The molecule has 13 aromatic carbocycles. The van der Waals surface area contributed by atoms with Crippen LogP contribution in [0.25, 0.3) is 45.5 Å². The zero-order chi connectivity index (χ0) is 98.4. The lowest BCUT2D eigenvalue weighted by Crippen LogP contribution is -2.21. The van der Waals surface area contributed by atoms with E-state index in [0.717, 1.165) is 39.3 Å². The fourth-order valence-corrected chi connectivity index (χ4v) is 10.2. The van der Waals surface area contributed by atoms with Gasteiger partial charge in [-0.3, -0.25) is 0 Å². The molecule has 0 aliphatic carbocycles. The summed E-state index contributed by atoms with van der Waals surface area (Å²) < 4.78 is 77.3. The van der Waals surface area contributed by atoms with Gasteiger partial charge in [-0.15, -0.1) is 0 Å². The summed E-state index contributed by atoms with van der Waals surface area (Å²) in [6, 6.07) is 101. The van der Waals surface area contributed by atoms with Crippen LogP contribution >= 0.6 is 0 Å². The maximum Gasteiger partial charge on any atom is 0.426 e. The molecule has 0 atom stereocenters. The molecule has 0 amide bonds. The highest BCUT2D eigenvalue weighted by Crippen LogP contribution is 2.35. The normalized spacial score (nSPS) is 9.28. The van der Waals surface area contributed by atoms with E-state index in [9.17, 15) is 17.6 Å². The highest BCUT2D eigenvalue weighted by molar-refractivity contribution is 5.72. The number of alkyl halides is 4. The molecule has 13 rings (SSSR count). The Bertz CT molecular complexity index is 4610. The molecule has 0 bridgehead atoms. The van der Waals surface area contributed by atoms with Gasteiger partial charge in [0.2, 0.25) is 0 Å². The zero-order valence-corrected chi connectivity index (χ0v) is 85.7. The summed E-state index contributed by atoms with van der Waals surface area (Å²) in [7, 11) is 0. The van der Waals surface area contributed by atoms with Crippen molar-refractivity contribution in [1.29, 1.82) is 0 Å². The van der Waals surface area contributed by atoms with Crippen molar-refractivity contribution < 1.29 is 36.5 Å². The Hall–Kier alpha value is -11.5. The van der Waals surface area contributed by atoms with Gasteiger partial charge in [0.05, 0.1) is 11.1 Å². The van der Waals surface area contributed by atoms with E-state index >= 15 is 0 Å². The second-order valence-corrected chi connectivity index (χ2v) is 25.7. The highest BCUT2D eigenvalue weighted by atomic mass is 19.3. The molecule has 0 saturated carbocycles. The third-order valence-electron chi connectivity index (χ3n) is 16.7. The minimum atomic E-state index is -3.36. The molecule has 0 heterocycles. The summed E-state index contributed by atoms with van der Waals surface area (Å²) in [6.07, 6.45) is -2.37. The van der Waals surface area contributed by atoms with Crippen molar-refractivity contribution in [3.05, 3.63) is 404 Å². The predicted molar refractivity (Wildman–Crippen MR) is 562 cm³/mol. The van der Waals surface area contributed by atoms with E-state index in [1.807, 2.05) is 256 Å². The number of hydrogen-bond donors (Lipinski definition) is 0. The van der Waals surface area contributed by atoms with Gasteiger partial charge in [0, 0.05) is 0 Å². The summed E-state index contributed by atoms with van der Waals surface area (Å²) in [4.78, 5) is 0. The fourth-order valence-electron chi connectivity index (χ4n) is 10.2. The molecular formula is C120H166F4O4. The molecule has 0 aromatic heterocycles. The minimum Gasteiger partial charge on any atom is -0.489 e. The molecule has 0 aliphatic rings. The van der Waals surface area contributed by atoms with E-state index in [-0.39, 0.29) is 22.6 Å². The van der Waals surface area contributed by atoms with E-state index in [1.54, 1.807) is 60.7 Å². The first-order valence-corrected chi connectivity index (χ1v) is 47.1. The Balaban J connectivity index is -0.000000464. The van der Waals surface area contributed by atoms with Gasteiger partial charge >= 0.3 is 12.2 Å². The second kappa shape index (κ2) is 79.0. The molecule has 698 valence electrons. The van der Waals surface area contributed by atoms with Crippen LogP contribution in [0.1, 0.15) is 269 Å². The maximum absolute atomic E-state index is 14.2. The Kier molecular flexibility index (Phi) is 77.1. The number of ether oxygens (including phenoxy) is 4. The number of benzene rings is 13. The lowest BCUT2D eigenvalue weighted by molar-refractivity contribution is -0.186. The quantitative estimate of drug-likeness (QED) is 0.0673. The van der Waals surface area contributed by atoms with E-state index in [0.29, 0.717) is 13.2 Å². The van der Waals surface area contributed by atoms with E-state index in [2.05, 4.69) is 224 Å². The Morgan fingerprint density at radius 3 is 0.539 bits per heavy atom. The van der Waals surface area contributed by atoms with Crippen LogP contribution < -0.4 is 18.9 Å². The smallest absolute Gasteiger partial charge is 0.426 e. The molecule has 0 N–H and O–H groups in total. The molecular weight excluding hydrogens is 1580 g/mol. The molecule has 0 saturated heterocycles. The van der Waals surface area contributed by atoms with Gasteiger partial charge in [-0.1, -0.05) is 490 Å². The van der Waals surface area contributed by atoms with Crippen LogP contribution in [0.4, 0.5) is 17.6 Å². The van der Waals surface area contributed by atoms with Gasteiger partial charge < -0.3 is 18.9 Å². The van der Waals surface area contributed by atoms with Crippen LogP contribution in [0.5, 0.6) is 23.0 Å². The largest absolute Gasteiger partial charge is 0.489 e. The molecule has 0 unspecified atom stereocenters. The number of halogens is 4. The molecule has 0 radical (unpaired) electrons.